The van der Waals surface area contributed by atoms with Crippen LogP contribution in [0.1, 0.15) is 31.5 Å². The van der Waals surface area contributed by atoms with E-state index < -0.39 is 11.6 Å². The zero-order chi connectivity index (χ0) is 20.7. The molecule has 3 N–H and O–H groups in total. The maximum atomic E-state index is 12.7. The second-order valence-corrected chi connectivity index (χ2v) is 7.26. The van der Waals surface area contributed by atoms with Gasteiger partial charge in [0.05, 0.1) is 0 Å². The van der Waals surface area contributed by atoms with Crippen LogP contribution in [0.5, 0.6) is 0 Å². The largest absolute Gasteiger partial charge is 0.355 e. The summed E-state index contributed by atoms with van der Waals surface area (Å²) in [5.74, 6) is 0.261. The lowest BCUT2D eigenvalue weighted by atomic mass is 10.1. The number of nitrogens with zero attached hydrogens (tertiary/aromatic N) is 1. The molecule has 1 aromatic carbocycles. The number of anilines is 2. The highest BCUT2D eigenvalue weighted by atomic mass is 16.2. The maximum absolute atomic E-state index is 12.7. The van der Waals surface area contributed by atoms with Gasteiger partial charge in [0.2, 0.25) is 5.91 Å². The van der Waals surface area contributed by atoms with E-state index in [1.54, 1.807) is 25.1 Å². The van der Waals surface area contributed by atoms with E-state index in [-0.39, 0.29) is 18.1 Å². The fourth-order valence-electron chi connectivity index (χ4n) is 2.67. The summed E-state index contributed by atoms with van der Waals surface area (Å²) in [6.45, 7) is 8.32. The Labute approximate surface area is 165 Å². The summed E-state index contributed by atoms with van der Waals surface area (Å²) in [5, 5.41) is 8.07. The molecule has 7 heteroatoms. The van der Waals surface area contributed by atoms with Gasteiger partial charge in [0.1, 0.15) is 12.2 Å². The number of carbonyl (C=O) groups is 2. The van der Waals surface area contributed by atoms with Crippen molar-refractivity contribution in [3.63, 3.8) is 0 Å². The number of pyridine rings is 1. The van der Waals surface area contributed by atoms with Gasteiger partial charge in [0.25, 0.3) is 5.56 Å². The lowest BCUT2D eigenvalue weighted by molar-refractivity contribution is -0.121. The Hall–Kier alpha value is -3.09. The number of benzene rings is 1. The van der Waals surface area contributed by atoms with Crippen molar-refractivity contribution in [2.75, 3.05) is 17.2 Å². The quantitative estimate of drug-likeness (QED) is 0.684. The summed E-state index contributed by atoms with van der Waals surface area (Å²) in [6, 6.07) is 10.1. The van der Waals surface area contributed by atoms with Gasteiger partial charge in [-0.05, 0) is 56.0 Å². The molecule has 7 nitrogen and oxygen atoms in total. The number of urea groups is 1. The minimum Gasteiger partial charge on any atom is -0.355 e. The predicted octanol–water partition coefficient (Wildman–Crippen LogP) is 3.27. The van der Waals surface area contributed by atoms with Gasteiger partial charge in [0.15, 0.2) is 0 Å². The Morgan fingerprint density at radius 1 is 1.07 bits per heavy atom. The third-order valence-electron chi connectivity index (χ3n) is 4.26. The molecule has 0 saturated carbocycles. The molecule has 0 spiro atoms. The molecule has 3 amide bonds. The zero-order valence-corrected chi connectivity index (χ0v) is 16.8. The molecule has 0 fully saturated rings. The highest BCUT2D eigenvalue weighted by Gasteiger charge is 2.12. The fraction of sp³-hybridized carbons (Fsp3) is 0.381. The average molecular weight is 384 g/mol. The Morgan fingerprint density at radius 3 is 2.50 bits per heavy atom. The van der Waals surface area contributed by atoms with Crippen LogP contribution < -0.4 is 21.5 Å². The van der Waals surface area contributed by atoms with Crippen molar-refractivity contribution >= 4 is 23.3 Å². The molecule has 1 heterocycles. The smallest absolute Gasteiger partial charge is 0.323 e. The fourth-order valence-corrected chi connectivity index (χ4v) is 2.67. The van der Waals surface area contributed by atoms with Crippen LogP contribution in [0.15, 0.2) is 41.2 Å². The van der Waals surface area contributed by atoms with E-state index in [9.17, 15) is 14.4 Å². The standard InChI is InChI=1S/C21H28N4O3/c1-14(2)10-11-22-19(26)13-25-16(4)8-9-18(20(25)27)24-21(28)23-17-7-5-6-15(3)12-17/h5-9,12,14H,10-11,13H2,1-4H3,(H,22,26)(H2,23,24,28). The number of rotatable bonds is 7. The van der Waals surface area contributed by atoms with E-state index in [4.69, 9.17) is 0 Å². The second-order valence-electron chi connectivity index (χ2n) is 7.26. The molecular weight excluding hydrogens is 356 g/mol. The number of carbonyl (C=O) groups excluding carboxylic acids is 2. The first-order valence-electron chi connectivity index (χ1n) is 9.38. The lowest BCUT2D eigenvalue weighted by Crippen LogP contribution is -2.35. The number of hydrogen-bond acceptors (Lipinski definition) is 3. The molecule has 0 aliphatic carbocycles. The Kier molecular flexibility index (Phi) is 7.37. The molecule has 2 rings (SSSR count). The van der Waals surface area contributed by atoms with Crippen LogP contribution >= 0.6 is 0 Å². The van der Waals surface area contributed by atoms with Crippen LogP contribution in [-0.2, 0) is 11.3 Å². The molecule has 1 aromatic heterocycles. The van der Waals surface area contributed by atoms with Crippen LogP contribution in [0.4, 0.5) is 16.2 Å². The van der Waals surface area contributed by atoms with Crippen molar-refractivity contribution < 1.29 is 9.59 Å². The molecule has 0 aliphatic heterocycles. The molecule has 0 saturated heterocycles. The minimum atomic E-state index is -0.514. The molecule has 2 aromatic rings. The summed E-state index contributed by atoms with van der Waals surface area (Å²) < 4.78 is 1.35. The van der Waals surface area contributed by atoms with E-state index in [1.807, 2.05) is 25.1 Å². The van der Waals surface area contributed by atoms with Gasteiger partial charge in [-0.25, -0.2) is 4.79 Å². The number of nitrogens with one attached hydrogen (secondary N) is 3. The van der Waals surface area contributed by atoms with Gasteiger partial charge < -0.3 is 20.5 Å². The Morgan fingerprint density at radius 2 is 1.82 bits per heavy atom. The monoisotopic (exact) mass is 384 g/mol. The number of aryl methyl sites for hydroxylation is 2. The molecule has 0 bridgehead atoms. The van der Waals surface area contributed by atoms with Gasteiger partial charge in [-0.15, -0.1) is 0 Å². The van der Waals surface area contributed by atoms with Crippen LogP contribution in [0, 0.1) is 19.8 Å². The highest BCUT2D eigenvalue weighted by Crippen LogP contribution is 2.10. The van der Waals surface area contributed by atoms with Gasteiger partial charge in [-0.3, -0.25) is 9.59 Å². The van der Waals surface area contributed by atoms with Gasteiger partial charge in [-0.1, -0.05) is 26.0 Å². The molecule has 0 aliphatic rings. The normalized spacial score (nSPS) is 10.6. The van der Waals surface area contributed by atoms with E-state index in [0.717, 1.165) is 12.0 Å². The molecule has 0 unspecified atom stereocenters. The first-order valence-corrected chi connectivity index (χ1v) is 9.38. The van der Waals surface area contributed by atoms with Crippen molar-refractivity contribution in [2.45, 2.75) is 40.7 Å². The van der Waals surface area contributed by atoms with Crippen LogP contribution in [0.25, 0.3) is 0 Å². The molecular formula is C21H28N4O3. The van der Waals surface area contributed by atoms with Crippen molar-refractivity contribution in [1.29, 1.82) is 0 Å². The topological polar surface area (TPSA) is 92.2 Å². The van der Waals surface area contributed by atoms with Crippen molar-refractivity contribution in [3.8, 4) is 0 Å². The van der Waals surface area contributed by atoms with Gasteiger partial charge >= 0.3 is 6.03 Å². The first-order chi connectivity index (χ1) is 13.3. The first kappa shape index (κ1) is 21.2. The van der Waals surface area contributed by atoms with Crippen molar-refractivity contribution in [1.82, 2.24) is 9.88 Å². The zero-order valence-electron chi connectivity index (χ0n) is 16.8. The third kappa shape index (κ3) is 6.26. The molecule has 28 heavy (non-hydrogen) atoms. The SMILES string of the molecule is Cc1cccc(NC(=O)Nc2ccc(C)n(CC(=O)NCCC(C)C)c2=O)c1. The Balaban J connectivity index is 2.06. The second kappa shape index (κ2) is 9.73. The Bertz CT molecular complexity index is 903. The summed E-state index contributed by atoms with van der Waals surface area (Å²) in [7, 11) is 0. The van der Waals surface area contributed by atoms with Gasteiger partial charge in [-0.2, -0.15) is 0 Å². The molecule has 150 valence electrons. The summed E-state index contributed by atoms with van der Waals surface area (Å²) >= 11 is 0. The molecule has 0 radical (unpaired) electrons. The summed E-state index contributed by atoms with van der Waals surface area (Å²) in [5.41, 5.74) is 1.99. The number of hydrogen-bond donors (Lipinski definition) is 3. The lowest BCUT2D eigenvalue weighted by Gasteiger charge is -2.13. The van der Waals surface area contributed by atoms with Gasteiger partial charge in [0, 0.05) is 17.9 Å². The van der Waals surface area contributed by atoms with E-state index in [0.29, 0.717) is 23.8 Å². The maximum Gasteiger partial charge on any atom is 0.323 e. The van der Waals surface area contributed by atoms with E-state index in [1.165, 1.54) is 4.57 Å². The predicted molar refractivity (Wildman–Crippen MR) is 112 cm³/mol. The summed E-state index contributed by atoms with van der Waals surface area (Å²) in [4.78, 5) is 37.0. The van der Waals surface area contributed by atoms with E-state index in [2.05, 4.69) is 29.8 Å². The highest BCUT2D eigenvalue weighted by molar-refractivity contribution is 5.99. The van der Waals surface area contributed by atoms with Crippen LogP contribution in [-0.4, -0.2) is 23.1 Å². The number of amides is 3. The summed E-state index contributed by atoms with van der Waals surface area (Å²) in [6.07, 6.45) is 0.875. The van der Waals surface area contributed by atoms with Crippen molar-refractivity contribution in [2.24, 2.45) is 5.92 Å². The molecule has 0 atom stereocenters. The van der Waals surface area contributed by atoms with Crippen LogP contribution in [0.2, 0.25) is 0 Å². The number of aromatic nitrogens is 1. The average Bonchev–Trinajstić information content (AvgIpc) is 2.61. The van der Waals surface area contributed by atoms with E-state index >= 15 is 0 Å². The third-order valence-corrected chi connectivity index (χ3v) is 4.26. The van der Waals surface area contributed by atoms with Crippen molar-refractivity contribution in [3.05, 3.63) is 58.0 Å². The van der Waals surface area contributed by atoms with Crippen LogP contribution in [0.3, 0.4) is 0 Å². The minimum absolute atomic E-state index is 0.0855.